The van der Waals surface area contributed by atoms with E-state index in [1.54, 1.807) is 11.5 Å². The Labute approximate surface area is 138 Å². The number of hydrogen-bond donors (Lipinski definition) is 0. The van der Waals surface area contributed by atoms with Crippen LogP contribution in [0.4, 0.5) is 0 Å². The predicted molar refractivity (Wildman–Crippen MR) is 89.4 cm³/mol. The van der Waals surface area contributed by atoms with Gasteiger partial charge in [0.25, 0.3) is 0 Å². The number of carbonyl (C=O) groups is 1. The first-order valence-corrected chi connectivity index (χ1v) is 8.49. The third kappa shape index (κ3) is 2.55. The summed E-state index contributed by atoms with van der Waals surface area (Å²) < 4.78 is 9.42. The Balaban J connectivity index is 1.72. The minimum Gasteiger partial charge on any atom is -0.378 e. The number of para-hydroxylation sites is 2. The van der Waals surface area contributed by atoms with Gasteiger partial charge in [0.2, 0.25) is 5.91 Å². The van der Waals surface area contributed by atoms with Crippen LogP contribution in [-0.2, 0) is 23.1 Å². The SMILES string of the molecule is Cn1scc1-c1nc2ccccc2n1CC(=O)N1CCOCC1. The van der Waals surface area contributed by atoms with Crippen LogP contribution in [0.3, 0.4) is 0 Å². The maximum absolute atomic E-state index is 12.7. The molecule has 2 aromatic heterocycles. The van der Waals surface area contributed by atoms with Crippen LogP contribution in [0, 0.1) is 0 Å². The number of fused-ring (bicyclic) bond motifs is 1. The summed E-state index contributed by atoms with van der Waals surface area (Å²) in [7, 11) is 2.01. The molecule has 1 amide bonds. The van der Waals surface area contributed by atoms with E-state index in [9.17, 15) is 4.79 Å². The zero-order valence-electron chi connectivity index (χ0n) is 12.9. The third-order valence-electron chi connectivity index (χ3n) is 4.20. The molecule has 0 unspecified atom stereocenters. The summed E-state index contributed by atoms with van der Waals surface area (Å²) in [5, 5.41) is 2.07. The number of ether oxygens (including phenoxy) is 1. The van der Waals surface area contributed by atoms with Gasteiger partial charge in [-0.1, -0.05) is 23.7 Å². The topological polar surface area (TPSA) is 52.3 Å². The lowest BCUT2D eigenvalue weighted by atomic mass is 10.3. The van der Waals surface area contributed by atoms with Gasteiger partial charge in [-0.2, -0.15) is 0 Å². The van der Waals surface area contributed by atoms with E-state index in [1.165, 1.54) is 0 Å². The summed E-state index contributed by atoms with van der Waals surface area (Å²) >= 11 is 1.63. The van der Waals surface area contributed by atoms with Gasteiger partial charge in [-0.05, 0) is 12.1 Å². The molecule has 6 nitrogen and oxygen atoms in total. The Hall–Kier alpha value is -2.12. The van der Waals surface area contributed by atoms with E-state index in [0.717, 1.165) is 22.6 Å². The maximum Gasteiger partial charge on any atom is 0.242 e. The molecular weight excluding hydrogens is 312 g/mol. The normalized spacial score (nSPS) is 15.4. The fourth-order valence-corrected chi connectivity index (χ4v) is 3.49. The van der Waals surface area contributed by atoms with E-state index in [-0.39, 0.29) is 5.91 Å². The molecule has 120 valence electrons. The lowest BCUT2D eigenvalue weighted by Gasteiger charge is -2.27. The predicted octanol–water partition coefficient (Wildman–Crippen LogP) is 1.96. The van der Waals surface area contributed by atoms with Crippen molar-refractivity contribution >= 4 is 28.5 Å². The molecule has 1 aromatic carbocycles. The van der Waals surface area contributed by atoms with Crippen molar-refractivity contribution in [2.24, 2.45) is 7.05 Å². The molecule has 0 bridgehead atoms. The monoisotopic (exact) mass is 330 g/mol. The largest absolute Gasteiger partial charge is 0.378 e. The molecule has 3 heterocycles. The van der Waals surface area contributed by atoms with Crippen molar-refractivity contribution < 1.29 is 9.53 Å². The molecular formula is C16H18N4O2S. The zero-order chi connectivity index (χ0) is 15.8. The molecule has 0 saturated carbocycles. The number of carbonyl (C=O) groups excluding carboxylic acids is 1. The number of nitrogens with zero attached hydrogens (tertiary/aromatic N) is 4. The van der Waals surface area contributed by atoms with Crippen LogP contribution in [-0.4, -0.2) is 50.6 Å². The van der Waals surface area contributed by atoms with Crippen molar-refractivity contribution in [1.29, 1.82) is 0 Å². The second-order valence-electron chi connectivity index (χ2n) is 5.61. The van der Waals surface area contributed by atoms with Gasteiger partial charge >= 0.3 is 0 Å². The van der Waals surface area contributed by atoms with Crippen LogP contribution >= 0.6 is 11.5 Å². The second-order valence-corrected chi connectivity index (χ2v) is 6.60. The van der Waals surface area contributed by atoms with Gasteiger partial charge in [-0.15, -0.1) is 0 Å². The van der Waals surface area contributed by atoms with Crippen LogP contribution in [0.5, 0.6) is 0 Å². The first kappa shape index (κ1) is 14.5. The van der Waals surface area contributed by atoms with Crippen molar-refractivity contribution in [3.63, 3.8) is 0 Å². The molecule has 0 spiro atoms. The fraction of sp³-hybridized carbons (Fsp3) is 0.375. The number of benzene rings is 1. The highest BCUT2D eigenvalue weighted by Gasteiger charge is 2.22. The highest BCUT2D eigenvalue weighted by molar-refractivity contribution is 7.06. The van der Waals surface area contributed by atoms with Crippen LogP contribution in [0.15, 0.2) is 29.6 Å². The fourth-order valence-electron chi connectivity index (χ4n) is 2.88. The summed E-state index contributed by atoms with van der Waals surface area (Å²) in [5.41, 5.74) is 2.97. The van der Waals surface area contributed by atoms with E-state index < -0.39 is 0 Å². The first-order chi connectivity index (χ1) is 11.2. The molecule has 7 heteroatoms. The summed E-state index contributed by atoms with van der Waals surface area (Å²) in [6.45, 7) is 2.88. The molecule has 1 saturated heterocycles. The van der Waals surface area contributed by atoms with E-state index >= 15 is 0 Å². The Kier molecular flexibility index (Phi) is 3.66. The van der Waals surface area contributed by atoms with Crippen LogP contribution in [0.1, 0.15) is 0 Å². The van der Waals surface area contributed by atoms with Gasteiger partial charge in [0.1, 0.15) is 12.2 Å². The maximum atomic E-state index is 12.7. The quantitative estimate of drug-likeness (QED) is 0.738. The third-order valence-corrected chi connectivity index (χ3v) is 5.04. The van der Waals surface area contributed by atoms with Gasteiger partial charge in [0.05, 0.1) is 24.2 Å². The lowest BCUT2D eigenvalue weighted by Crippen LogP contribution is -2.42. The Morgan fingerprint density at radius 3 is 2.78 bits per heavy atom. The summed E-state index contributed by atoms with van der Waals surface area (Å²) in [6, 6.07) is 7.96. The van der Waals surface area contributed by atoms with Gasteiger partial charge in [0.15, 0.2) is 5.82 Å². The molecule has 1 aliphatic rings. The van der Waals surface area contributed by atoms with Crippen LogP contribution < -0.4 is 0 Å². The second kappa shape index (κ2) is 5.82. The number of aryl methyl sites for hydroxylation is 1. The minimum atomic E-state index is 0.118. The molecule has 4 rings (SSSR count). The number of hydrogen-bond acceptors (Lipinski definition) is 4. The van der Waals surface area contributed by atoms with Crippen molar-refractivity contribution in [1.82, 2.24) is 18.4 Å². The molecule has 0 aliphatic carbocycles. The van der Waals surface area contributed by atoms with Crippen molar-refractivity contribution in [2.45, 2.75) is 6.54 Å². The van der Waals surface area contributed by atoms with E-state index in [1.807, 2.05) is 40.8 Å². The molecule has 23 heavy (non-hydrogen) atoms. The minimum absolute atomic E-state index is 0.118. The van der Waals surface area contributed by atoms with Crippen molar-refractivity contribution in [3.05, 3.63) is 29.6 Å². The number of rotatable bonds is 3. The van der Waals surface area contributed by atoms with Gasteiger partial charge in [0, 0.05) is 25.5 Å². The number of imidazole rings is 1. The lowest BCUT2D eigenvalue weighted by molar-refractivity contribution is -0.135. The average molecular weight is 330 g/mol. The van der Waals surface area contributed by atoms with Gasteiger partial charge in [-0.3, -0.25) is 8.75 Å². The average Bonchev–Trinajstić information content (AvgIpc) is 2.92. The van der Waals surface area contributed by atoms with Gasteiger partial charge < -0.3 is 14.2 Å². The summed E-state index contributed by atoms with van der Waals surface area (Å²) in [4.78, 5) is 19.3. The van der Waals surface area contributed by atoms with Crippen molar-refractivity contribution in [2.75, 3.05) is 26.3 Å². The van der Waals surface area contributed by atoms with Crippen LogP contribution in [0.25, 0.3) is 22.6 Å². The molecule has 0 atom stereocenters. The van der Waals surface area contributed by atoms with Crippen molar-refractivity contribution in [3.8, 4) is 11.5 Å². The standard InChI is InChI=1S/C16H18N4O2S/c1-18-14(11-23-18)16-17-12-4-2-3-5-13(12)20(16)10-15(21)19-6-8-22-9-7-19/h2-5,11H,6-10H2,1H3. The summed E-state index contributed by atoms with van der Waals surface area (Å²) in [6.07, 6.45) is 0. The van der Waals surface area contributed by atoms with E-state index in [0.29, 0.717) is 32.8 Å². The van der Waals surface area contributed by atoms with Crippen LogP contribution in [0.2, 0.25) is 0 Å². The molecule has 1 aliphatic heterocycles. The highest BCUT2D eigenvalue weighted by atomic mass is 32.1. The number of aromatic nitrogens is 3. The smallest absolute Gasteiger partial charge is 0.242 e. The first-order valence-electron chi connectivity index (χ1n) is 7.66. The zero-order valence-corrected chi connectivity index (χ0v) is 13.8. The van der Waals surface area contributed by atoms with Gasteiger partial charge in [-0.25, -0.2) is 4.98 Å². The number of morpholine rings is 1. The summed E-state index contributed by atoms with van der Waals surface area (Å²) in [5.74, 6) is 0.974. The Morgan fingerprint density at radius 1 is 1.30 bits per heavy atom. The Bertz CT molecular complexity index is 841. The molecule has 0 N–H and O–H groups in total. The molecule has 0 radical (unpaired) electrons. The van der Waals surface area contributed by atoms with E-state index in [2.05, 4.69) is 9.34 Å². The molecule has 3 aromatic rings. The van der Waals surface area contributed by atoms with E-state index in [4.69, 9.17) is 9.72 Å². The molecule has 1 fully saturated rings. The highest BCUT2D eigenvalue weighted by Crippen LogP contribution is 2.28. The Morgan fingerprint density at radius 2 is 2.09 bits per heavy atom. The number of amides is 1.